The molecule has 0 N–H and O–H groups in total. The number of rotatable bonds is 1. The Kier molecular flexibility index (Phi) is 2.40. The molecular formula is C45H26O. The van der Waals surface area contributed by atoms with Crippen LogP contribution in [0.2, 0.25) is 0 Å². The maximum atomic E-state index is 9.75. The SMILES string of the molecule is [2H]c1c([2H])c([2H])c2c(c1[2H])-c1c(c([2H])c([2H])c3c([2H])c([2H])c([2H])c([2H])c13)C21c2ccccc2-c2ccc(-c3c([2H])c([2H])c4c(c3[2H])-c3c([2H])c([2H])c([2H])c5c([2H])c([2H])c([2H])c(c35)O4)cc21. The minimum absolute atomic E-state index is 0.0370. The van der Waals surface area contributed by atoms with E-state index in [-0.39, 0.29) is 77.4 Å². The maximum absolute atomic E-state index is 9.75. The van der Waals surface area contributed by atoms with E-state index in [9.17, 15) is 9.60 Å². The zero-order chi connectivity index (χ0) is 46.5. The Labute approximate surface area is 293 Å². The summed E-state index contributed by atoms with van der Waals surface area (Å²) in [5, 5.41) is -0.910. The summed E-state index contributed by atoms with van der Waals surface area (Å²) in [4.78, 5) is 0. The number of fused-ring (bicyclic) bond motifs is 14. The van der Waals surface area contributed by atoms with Gasteiger partial charge in [-0.3, -0.25) is 0 Å². The Morgan fingerprint density at radius 2 is 1.28 bits per heavy atom. The van der Waals surface area contributed by atoms with Gasteiger partial charge in [-0.25, -0.2) is 0 Å². The van der Waals surface area contributed by atoms with E-state index >= 15 is 0 Å². The van der Waals surface area contributed by atoms with Gasteiger partial charge in [0.1, 0.15) is 11.5 Å². The number of benzene rings is 8. The minimum atomic E-state index is -1.88. The molecule has 11 rings (SSSR count). The van der Waals surface area contributed by atoms with Crippen LogP contribution in [-0.4, -0.2) is 0 Å². The summed E-state index contributed by atoms with van der Waals surface area (Å²) in [5.41, 5.74) is -0.921. The Hall–Kier alpha value is -5.92. The molecule has 0 bridgehead atoms. The summed E-state index contributed by atoms with van der Waals surface area (Å²) >= 11 is 0. The Morgan fingerprint density at radius 1 is 0.478 bits per heavy atom. The van der Waals surface area contributed by atoms with E-state index < -0.39 is 126 Å². The topological polar surface area (TPSA) is 9.23 Å². The molecule has 1 aliphatic heterocycles. The van der Waals surface area contributed by atoms with Crippen LogP contribution < -0.4 is 4.74 Å². The van der Waals surface area contributed by atoms with Crippen LogP contribution in [-0.2, 0) is 5.41 Å². The fraction of sp³-hybridized carbons (Fsp3) is 0.0222. The fourth-order valence-electron chi connectivity index (χ4n) is 7.42. The zero-order valence-electron chi connectivity index (χ0n) is 42.4. The molecule has 0 radical (unpaired) electrons. The highest BCUT2D eigenvalue weighted by Gasteiger charge is 2.52. The third-order valence-corrected chi connectivity index (χ3v) is 9.22. The highest BCUT2D eigenvalue weighted by molar-refractivity contribution is 6.07. The first-order valence-corrected chi connectivity index (χ1v) is 14.5. The molecule has 1 spiro atoms. The van der Waals surface area contributed by atoms with Crippen LogP contribution in [0, 0.1) is 0 Å². The van der Waals surface area contributed by atoms with Gasteiger partial charge < -0.3 is 4.74 Å². The van der Waals surface area contributed by atoms with E-state index in [2.05, 4.69) is 0 Å². The lowest BCUT2D eigenvalue weighted by Crippen LogP contribution is -2.25. The van der Waals surface area contributed by atoms with Gasteiger partial charge in [0.25, 0.3) is 0 Å². The highest BCUT2D eigenvalue weighted by atomic mass is 16.5. The average molecular weight is 602 g/mol. The molecule has 1 unspecified atom stereocenters. The normalized spacial score (nSPS) is 21.9. The largest absolute Gasteiger partial charge is 0.456 e. The van der Waals surface area contributed by atoms with Crippen LogP contribution in [0.3, 0.4) is 0 Å². The molecule has 1 heterocycles. The van der Waals surface area contributed by atoms with Crippen molar-refractivity contribution in [2.45, 2.75) is 5.41 Å². The van der Waals surface area contributed by atoms with Crippen molar-refractivity contribution >= 4 is 21.5 Å². The Bertz CT molecular complexity index is 3680. The van der Waals surface area contributed by atoms with Crippen molar-refractivity contribution in [1.82, 2.24) is 0 Å². The quantitative estimate of drug-likeness (QED) is 0.182. The molecule has 8 aromatic carbocycles. The second-order valence-corrected chi connectivity index (χ2v) is 11.3. The second kappa shape index (κ2) is 8.62. The lowest BCUT2D eigenvalue weighted by Gasteiger charge is -2.31. The summed E-state index contributed by atoms with van der Waals surface area (Å²) in [6, 6.07) is 0.662. The summed E-state index contributed by atoms with van der Waals surface area (Å²) in [5.74, 6) is -0.769. The molecule has 3 aliphatic rings. The van der Waals surface area contributed by atoms with Gasteiger partial charge >= 0.3 is 0 Å². The van der Waals surface area contributed by atoms with Gasteiger partial charge in [-0.1, -0.05) is 133 Å². The van der Waals surface area contributed by atoms with E-state index in [0.717, 1.165) is 0 Å². The maximum Gasteiger partial charge on any atom is 0.135 e. The van der Waals surface area contributed by atoms with E-state index in [1.165, 1.54) is 0 Å². The lowest BCUT2D eigenvalue weighted by atomic mass is 9.70. The fourth-order valence-corrected chi connectivity index (χ4v) is 7.42. The summed E-state index contributed by atoms with van der Waals surface area (Å²) in [6.07, 6.45) is 0. The number of hydrogen-bond acceptors (Lipinski definition) is 1. The second-order valence-electron chi connectivity index (χ2n) is 11.3. The van der Waals surface area contributed by atoms with Crippen molar-refractivity contribution in [3.05, 3.63) is 180 Å². The number of hydrogen-bond donors (Lipinski definition) is 0. The summed E-state index contributed by atoms with van der Waals surface area (Å²) < 4.78 is 177. The summed E-state index contributed by atoms with van der Waals surface area (Å²) in [7, 11) is 0. The van der Waals surface area contributed by atoms with Gasteiger partial charge in [0, 0.05) is 10.9 Å². The molecule has 0 amide bonds. The van der Waals surface area contributed by atoms with Crippen LogP contribution in [0.1, 0.15) is 48.3 Å². The monoisotopic (exact) mass is 601 g/mol. The van der Waals surface area contributed by atoms with E-state index in [1.807, 2.05) is 0 Å². The van der Waals surface area contributed by atoms with Gasteiger partial charge in [0.05, 0.1) is 31.5 Å². The van der Waals surface area contributed by atoms with Gasteiger partial charge in [-0.15, -0.1) is 0 Å². The van der Waals surface area contributed by atoms with Gasteiger partial charge in [-0.05, 0) is 102 Å². The first-order chi connectivity index (χ1) is 30.7. The third kappa shape index (κ3) is 2.91. The third-order valence-electron chi connectivity index (χ3n) is 9.22. The van der Waals surface area contributed by atoms with Crippen molar-refractivity contribution in [3.63, 3.8) is 0 Å². The molecule has 0 fully saturated rings. The minimum Gasteiger partial charge on any atom is -0.456 e. The Balaban J connectivity index is 1.31. The van der Waals surface area contributed by atoms with Crippen LogP contribution in [0.15, 0.2) is 157 Å². The van der Waals surface area contributed by atoms with Crippen molar-refractivity contribution in [2.24, 2.45) is 0 Å². The molecule has 1 nitrogen and oxygen atoms in total. The molecule has 1 atom stereocenters. The first kappa shape index (κ1) is 12.8. The zero-order valence-corrected chi connectivity index (χ0v) is 23.4. The van der Waals surface area contributed by atoms with Gasteiger partial charge in [-0.2, -0.15) is 0 Å². The Morgan fingerprint density at radius 3 is 2.26 bits per heavy atom. The summed E-state index contributed by atoms with van der Waals surface area (Å²) in [6.45, 7) is 0. The van der Waals surface area contributed by atoms with Crippen molar-refractivity contribution in [1.29, 1.82) is 0 Å². The van der Waals surface area contributed by atoms with Crippen LogP contribution >= 0.6 is 0 Å². The van der Waals surface area contributed by atoms with Crippen molar-refractivity contribution < 1.29 is 30.8 Å². The predicted octanol–water partition coefficient (Wildman–Crippen LogP) is 11.8. The molecular weight excluding hydrogens is 556 g/mol. The molecule has 0 aromatic heterocycles. The number of ether oxygens (including phenoxy) is 1. The first-order valence-electron chi connectivity index (χ1n) is 24.0. The molecule has 0 saturated heterocycles. The molecule has 46 heavy (non-hydrogen) atoms. The van der Waals surface area contributed by atoms with E-state index in [0.29, 0.717) is 16.7 Å². The standard InChI is InChI=1S/C45H26O/c1-2-12-31-27(9-1)20-23-39-44(31)35-14-4-6-17-38(35)45(39)37-16-5-3-13-32(37)33-22-19-30(26-40(33)45)29-21-24-41-36(25-29)34-15-7-10-28-11-8-18-42(46-41)43(28)34/h1-26H/i1D,2D,4D,6D,7D,8D,9D,10D,11D,12D,14D,15D,17D,18D,20D,21D,23D,24D,25D. The van der Waals surface area contributed by atoms with E-state index in [1.54, 1.807) is 42.5 Å². The lowest BCUT2D eigenvalue weighted by molar-refractivity contribution is 0.487. The van der Waals surface area contributed by atoms with Crippen molar-refractivity contribution in [3.8, 4) is 56.0 Å². The molecule has 2 aliphatic carbocycles. The highest BCUT2D eigenvalue weighted by Crippen LogP contribution is 2.64. The van der Waals surface area contributed by atoms with Crippen LogP contribution in [0.5, 0.6) is 11.5 Å². The smallest absolute Gasteiger partial charge is 0.135 e. The van der Waals surface area contributed by atoms with Gasteiger partial charge in [0.15, 0.2) is 0 Å². The van der Waals surface area contributed by atoms with Crippen LogP contribution in [0.25, 0.3) is 66.1 Å². The predicted molar refractivity (Wildman–Crippen MR) is 189 cm³/mol. The van der Waals surface area contributed by atoms with E-state index in [4.69, 9.17) is 21.2 Å². The molecule has 1 heteroatoms. The van der Waals surface area contributed by atoms with Crippen molar-refractivity contribution in [2.75, 3.05) is 0 Å². The van der Waals surface area contributed by atoms with Crippen LogP contribution in [0.4, 0.5) is 0 Å². The molecule has 0 saturated carbocycles. The molecule has 212 valence electrons. The van der Waals surface area contributed by atoms with Gasteiger partial charge in [0.2, 0.25) is 0 Å². The molecule has 8 aromatic rings. The average Bonchev–Trinajstić information content (AvgIpc) is 3.77.